The van der Waals surface area contributed by atoms with Crippen LogP contribution < -0.4 is 0 Å². The number of aryl methyl sites for hydroxylation is 2. The van der Waals surface area contributed by atoms with Gasteiger partial charge in [0.05, 0.1) is 39.3 Å². The molecule has 6 rings (SSSR count). The van der Waals surface area contributed by atoms with Crippen LogP contribution in [0.5, 0.6) is 0 Å². The average molecular weight is 598 g/mol. The second-order valence-electron chi connectivity index (χ2n) is 9.83. The van der Waals surface area contributed by atoms with Gasteiger partial charge in [0.1, 0.15) is 42.4 Å². The van der Waals surface area contributed by atoms with Crippen LogP contribution in [-0.2, 0) is 4.74 Å². The summed E-state index contributed by atoms with van der Waals surface area (Å²) in [6.07, 6.45) is -2.83. The Hall–Kier alpha value is -4.20. The Morgan fingerprint density at radius 1 is 1.05 bits per heavy atom. The molecule has 0 saturated carbocycles. The molecule has 0 amide bonds. The number of fused-ring (bicyclic) bond motifs is 1. The molecule has 2 aromatic carbocycles. The molecule has 0 aliphatic carbocycles. The fourth-order valence-electron chi connectivity index (χ4n) is 5.14. The van der Waals surface area contributed by atoms with Crippen LogP contribution in [0.4, 0.5) is 13.2 Å². The van der Waals surface area contributed by atoms with E-state index in [2.05, 4.69) is 26.2 Å². The zero-order valence-corrected chi connectivity index (χ0v) is 22.8. The van der Waals surface area contributed by atoms with Crippen molar-refractivity contribution in [2.45, 2.75) is 44.3 Å². The molecule has 1 saturated heterocycles. The minimum Gasteiger partial charge on any atom is -0.394 e. The lowest BCUT2D eigenvalue weighted by molar-refractivity contribution is -0.210. The van der Waals surface area contributed by atoms with E-state index >= 15 is 0 Å². The molecule has 0 spiro atoms. The van der Waals surface area contributed by atoms with Crippen molar-refractivity contribution in [2.24, 2.45) is 0 Å². The summed E-state index contributed by atoms with van der Waals surface area (Å²) in [6, 6.07) is 5.91. The first-order chi connectivity index (χ1) is 20.1. The van der Waals surface area contributed by atoms with Crippen LogP contribution in [0, 0.1) is 42.6 Å². The summed E-state index contributed by atoms with van der Waals surface area (Å²) in [5, 5.41) is 51.8. The van der Waals surface area contributed by atoms with E-state index in [0.717, 1.165) is 21.8 Å². The Bertz CT molecular complexity index is 1840. The van der Waals surface area contributed by atoms with Crippen molar-refractivity contribution in [1.29, 1.82) is 5.26 Å². The number of aliphatic hydroxyl groups excluding tert-OH is 3. The molecular weight excluding hydrogens is 575 g/mol. The lowest BCUT2D eigenvalue weighted by Crippen LogP contribution is -2.53. The lowest BCUT2D eigenvalue weighted by atomic mass is 9.92. The van der Waals surface area contributed by atoms with E-state index < -0.39 is 54.5 Å². The predicted octanol–water partition coefficient (Wildman–Crippen LogP) is 3.04. The molecule has 5 aromatic rings. The van der Waals surface area contributed by atoms with Crippen LogP contribution in [0.2, 0.25) is 0 Å². The number of nitriles is 1. The highest BCUT2D eigenvalue weighted by Crippen LogP contribution is 2.39. The molecule has 1 fully saturated rings. The average Bonchev–Trinajstić information content (AvgIpc) is 3.69. The maximum Gasteiger partial charge on any atom is 0.194 e. The number of hydrogen-bond acceptors (Lipinski definition) is 10. The van der Waals surface area contributed by atoms with Crippen LogP contribution in [-0.4, -0.2) is 69.8 Å². The predicted molar refractivity (Wildman–Crippen MR) is 142 cm³/mol. The van der Waals surface area contributed by atoms with E-state index in [0.29, 0.717) is 22.6 Å². The normalized spacial score (nSPS) is 22.5. The number of aliphatic hydroxyl groups is 3. The lowest BCUT2D eigenvalue weighted by Gasteiger charge is -2.41. The number of thiazole rings is 1. The van der Waals surface area contributed by atoms with Crippen LogP contribution in [0.15, 0.2) is 36.7 Å². The molecule has 1 aliphatic heterocycles. The SMILES string of the molecule is Cc1nc([C@@H]2O[C@H](CO)[C@H](O)[C@H](n3cc(-c4cc(F)c(F)c(F)c4)cn3)[C@H]2O)n(-c2cc(C#N)c3nc(C)sc3c2)n1. The number of halogens is 3. The molecule has 1 aliphatic rings. The Morgan fingerprint density at radius 3 is 2.48 bits per heavy atom. The molecule has 5 atom stereocenters. The Labute approximate surface area is 239 Å². The van der Waals surface area contributed by atoms with Gasteiger partial charge in [-0.05, 0) is 43.7 Å². The van der Waals surface area contributed by atoms with Gasteiger partial charge in [0.2, 0.25) is 0 Å². The Kier molecular flexibility index (Phi) is 7.03. The summed E-state index contributed by atoms with van der Waals surface area (Å²) >= 11 is 1.39. The number of hydrogen-bond donors (Lipinski definition) is 3. The Balaban J connectivity index is 1.41. The summed E-state index contributed by atoms with van der Waals surface area (Å²) in [6.45, 7) is 2.83. The molecule has 0 unspecified atom stereocenters. The van der Waals surface area contributed by atoms with Gasteiger partial charge >= 0.3 is 0 Å². The molecule has 0 radical (unpaired) electrons. The zero-order chi connectivity index (χ0) is 29.9. The van der Waals surface area contributed by atoms with Crippen molar-refractivity contribution in [3.8, 4) is 22.9 Å². The molecule has 42 heavy (non-hydrogen) atoms. The van der Waals surface area contributed by atoms with Gasteiger partial charge in [-0.15, -0.1) is 11.3 Å². The van der Waals surface area contributed by atoms with Crippen molar-refractivity contribution >= 4 is 21.6 Å². The third-order valence-electron chi connectivity index (χ3n) is 7.06. The highest BCUT2D eigenvalue weighted by atomic mass is 32.1. The third kappa shape index (κ3) is 4.63. The van der Waals surface area contributed by atoms with Crippen molar-refractivity contribution < 1.29 is 33.2 Å². The maximum atomic E-state index is 13.9. The van der Waals surface area contributed by atoms with E-state index in [-0.39, 0.29) is 17.0 Å². The van der Waals surface area contributed by atoms with Crippen molar-refractivity contribution in [3.05, 3.63) is 76.3 Å². The van der Waals surface area contributed by atoms with Gasteiger partial charge in [-0.25, -0.2) is 27.8 Å². The number of nitrogens with zero attached hydrogens (tertiary/aromatic N) is 7. The minimum atomic E-state index is -1.61. The van der Waals surface area contributed by atoms with Gasteiger partial charge in [-0.1, -0.05) is 0 Å². The highest BCUT2D eigenvalue weighted by molar-refractivity contribution is 7.18. The van der Waals surface area contributed by atoms with Crippen LogP contribution in [0.1, 0.15) is 34.4 Å². The van der Waals surface area contributed by atoms with Crippen LogP contribution in [0.25, 0.3) is 27.0 Å². The van der Waals surface area contributed by atoms with Gasteiger partial charge in [-0.2, -0.15) is 15.5 Å². The zero-order valence-electron chi connectivity index (χ0n) is 22.0. The molecule has 3 N–H and O–H groups in total. The van der Waals surface area contributed by atoms with E-state index in [1.165, 1.54) is 33.1 Å². The third-order valence-corrected chi connectivity index (χ3v) is 7.98. The number of benzene rings is 2. The minimum absolute atomic E-state index is 0.0127. The van der Waals surface area contributed by atoms with Gasteiger partial charge in [0.15, 0.2) is 23.3 Å². The van der Waals surface area contributed by atoms with Crippen molar-refractivity contribution in [3.63, 3.8) is 0 Å². The van der Waals surface area contributed by atoms with E-state index in [1.54, 1.807) is 19.1 Å². The standard InChI is InChI=1S/C27H22F3N7O4S/c1-11-33-27(37(35-11)16-3-14(7-31)22-20(6-16)42-12(2)34-22)26-25(40)23(24(39)19(10-38)41-26)36-9-15(8-32-36)13-4-17(28)21(30)18(29)5-13/h3-6,8-9,19,23-26,38-40H,10H2,1-2H3/t19-,23+,24+,25-,26-/m1/s1. The van der Waals surface area contributed by atoms with E-state index in [1.807, 2.05) is 6.92 Å². The largest absolute Gasteiger partial charge is 0.394 e. The number of ether oxygens (including phenoxy) is 1. The van der Waals surface area contributed by atoms with Gasteiger partial charge in [0, 0.05) is 11.8 Å². The molecule has 0 bridgehead atoms. The van der Waals surface area contributed by atoms with Crippen molar-refractivity contribution in [2.75, 3.05) is 6.61 Å². The van der Waals surface area contributed by atoms with Gasteiger partial charge in [0.25, 0.3) is 0 Å². The topological polar surface area (TPSA) is 155 Å². The highest BCUT2D eigenvalue weighted by Gasteiger charge is 2.48. The first-order valence-corrected chi connectivity index (χ1v) is 13.5. The molecule has 15 heteroatoms. The molecule has 11 nitrogen and oxygen atoms in total. The summed E-state index contributed by atoms with van der Waals surface area (Å²) in [7, 11) is 0. The monoisotopic (exact) mass is 597 g/mol. The summed E-state index contributed by atoms with van der Waals surface area (Å²) in [5.41, 5.74) is 1.50. The van der Waals surface area contributed by atoms with Gasteiger partial charge < -0.3 is 20.1 Å². The summed E-state index contributed by atoms with van der Waals surface area (Å²) in [4.78, 5) is 8.88. The number of rotatable bonds is 5. The summed E-state index contributed by atoms with van der Waals surface area (Å²) in [5.74, 6) is -3.92. The molecular formula is C27H22F3N7O4S. The molecule has 4 heterocycles. The van der Waals surface area contributed by atoms with Crippen molar-refractivity contribution in [1.82, 2.24) is 29.5 Å². The van der Waals surface area contributed by atoms with Gasteiger partial charge in [-0.3, -0.25) is 4.68 Å². The second-order valence-corrected chi connectivity index (χ2v) is 11.1. The van der Waals surface area contributed by atoms with Crippen LogP contribution >= 0.6 is 11.3 Å². The van der Waals surface area contributed by atoms with Crippen LogP contribution in [0.3, 0.4) is 0 Å². The molecule has 216 valence electrons. The maximum absolute atomic E-state index is 13.9. The smallest absolute Gasteiger partial charge is 0.194 e. The second kappa shape index (κ2) is 10.6. The fraction of sp³-hybridized carbons (Fsp3) is 0.296. The quantitative estimate of drug-likeness (QED) is 0.259. The fourth-order valence-corrected chi connectivity index (χ4v) is 6.03. The summed E-state index contributed by atoms with van der Waals surface area (Å²) < 4.78 is 50.5. The van der Waals surface area contributed by atoms with E-state index in [4.69, 9.17) is 4.74 Å². The first kappa shape index (κ1) is 27.9. The number of aromatic nitrogens is 6. The molecule has 3 aromatic heterocycles. The first-order valence-electron chi connectivity index (χ1n) is 12.7. The van der Waals surface area contributed by atoms with E-state index in [9.17, 15) is 33.8 Å². The Morgan fingerprint density at radius 2 is 1.79 bits per heavy atom.